The zero-order chi connectivity index (χ0) is 18.2. The zero-order valence-electron chi connectivity index (χ0n) is 15.4. The minimum Gasteiger partial charge on any atom is -0.306 e. The molecule has 0 spiro atoms. The lowest BCUT2D eigenvalue weighted by Gasteiger charge is -2.17. The molecule has 0 saturated heterocycles. The van der Waals surface area contributed by atoms with E-state index < -0.39 is 0 Å². The van der Waals surface area contributed by atoms with Crippen LogP contribution in [0.1, 0.15) is 17.5 Å². The van der Waals surface area contributed by atoms with Crippen molar-refractivity contribution < 1.29 is 0 Å². The van der Waals surface area contributed by atoms with E-state index in [1.165, 1.54) is 28.7 Å². The van der Waals surface area contributed by atoms with Gasteiger partial charge in [-0.1, -0.05) is 82.7 Å². The Morgan fingerprint density at radius 3 is 2.19 bits per heavy atom. The van der Waals surface area contributed by atoms with E-state index in [0.29, 0.717) is 0 Å². The first-order chi connectivity index (χ1) is 12.7. The van der Waals surface area contributed by atoms with Gasteiger partial charge < -0.3 is 4.90 Å². The van der Waals surface area contributed by atoms with Crippen molar-refractivity contribution in [3.8, 4) is 11.1 Å². The lowest BCUT2D eigenvalue weighted by Crippen LogP contribution is -2.22. The van der Waals surface area contributed by atoms with Crippen LogP contribution in [0.2, 0.25) is 0 Å². The Labute approximate surface area is 165 Å². The molecule has 3 rings (SSSR count). The maximum Gasteiger partial charge on any atom is 0.0178 e. The zero-order valence-corrected chi connectivity index (χ0v) is 17.0. The minimum absolute atomic E-state index is 1.10. The average molecular weight is 408 g/mol. The summed E-state index contributed by atoms with van der Waals surface area (Å²) in [6.07, 6.45) is 3.38. The van der Waals surface area contributed by atoms with E-state index in [-0.39, 0.29) is 0 Å². The third kappa shape index (κ3) is 5.55. The number of nitrogens with zero attached hydrogens (tertiary/aromatic N) is 1. The summed E-state index contributed by atoms with van der Waals surface area (Å²) < 4.78 is 1.16. The van der Waals surface area contributed by atoms with Crippen LogP contribution in [-0.2, 0) is 12.8 Å². The monoisotopic (exact) mass is 407 g/mol. The highest BCUT2D eigenvalue weighted by Crippen LogP contribution is 2.27. The molecule has 0 bridgehead atoms. The number of rotatable bonds is 8. The van der Waals surface area contributed by atoms with Crippen LogP contribution in [0.5, 0.6) is 0 Å². The van der Waals surface area contributed by atoms with Crippen molar-refractivity contribution in [2.45, 2.75) is 19.3 Å². The Morgan fingerprint density at radius 1 is 0.769 bits per heavy atom. The van der Waals surface area contributed by atoms with E-state index in [2.05, 4.69) is 107 Å². The fourth-order valence-electron chi connectivity index (χ4n) is 3.28. The van der Waals surface area contributed by atoms with Gasteiger partial charge in [-0.15, -0.1) is 0 Å². The smallest absolute Gasteiger partial charge is 0.0178 e. The third-order valence-corrected chi connectivity index (χ3v) is 5.26. The molecule has 0 aliphatic heterocycles. The van der Waals surface area contributed by atoms with Gasteiger partial charge in [-0.25, -0.2) is 0 Å². The van der Waals surface area contributed by atoms with Gasteiger partial charge in [0.05, 0.1) is 0 Å². The summed E-state index contributed by atoms with van der Waals surface area (Å²) in [6, 6.07) is 28.1. The molecule has 3 aromatic rings. The second-order valence-electron chi connectivity index (χ2n) is 6.81. The molecule has 0 atom stereocenters. The maximum absolute atomic E-state index is 3.63. The van der Waals surface area contributed by atoms with Gasteiger partial charge in [-0.3, -0.25) is 0 Å². The van der Waals surface area contributed by atoms with Crippen LogP contribution in [0.3, 0.4) is 0 Å². The van der Waals surface area contributed by atoms with Crippen LogP contribution >= 0.6 is 15.9 Å². The second kappa shape index (κ2) is 9.70. The van der Waals surface area contributed by atoms with Crippen molar-refractivity contribution in [2.24, 2.45) is 0 Å². The van der Waals surface area contributed by atoms with Crippen molar-refractivity contribution in [2.75, 3.05) is 20.1 Å². The van der Waals surface area contributed by atoms with Gasteiger partial charge in [-0.2, -0.15) is 0 Å². The normalized spacial score (nSPS) is 11.0. The summed E-state index contributed by atoms with van der Waals surface area (Å²) in [5.74, 6) is 0. The van der Waals surface area contributed by atoms with Crippen LogP contribution < -0.4 is 0 Å². The molecule has 0 saturated carbocycles. The summed E-state index contributed by atoms with van der Waals surface area (Å²) >= 11 is 3.63. The summed E-state index contributed by atoms with van der Waals surface area (Å²) in [5.41, 5.74) is 5.48. The lowest BCUT2D eigenvalue weighted by molar-refractivity contribution is 0.333. The van der Waals surface area contributed by atoms with Gasteiger partial charge in [0, 0.05) is 11.0 Å². The van der Waals surface area contributed by atoms with Gasteiger partial charge in [0.2, 0.25) is 0 Å². The predicted molar refractivity (Wildman–Crippen MR) is 116 cm³/mol. The molecule has 0 fully saturated rings. The van der Waals surface area contributed by atoms with Crippen LogP contribution in [0.15, 0.2) is 83.3 Å². The van der Waals surface area contributed by atoms with E-state index in [0.717, 1.165) is 30.4 Å². The van der Waals surface area contributed by atoms with Crippen LogP contribution in [-0.4, -0.2) is 25.0 Å². The predicted octanol–water partition coefficient (Wildman–Crippen LogP) is 6.22. The Bertz CT molecular complexity index is 799. The fraction of sp³-hybridized carbons (Fsp3) is 0.250. The Kier molecular flexibility index (Phi) is 7.04. The molecule has 134 valence electrons. The van der Waals surface area contributed by atoms with Crippen LogP contribution in [0.25, 0.3) is 11.1 Å². The molecular formula is C24H26BrN. The Morgan fingerprint density at radius 2 is 1.46 bits per heavy atom. The van der Waals surface area contributed by atoms with Crippen molar-refractivity contribution in [1.82, 2.24) is 4.90 Å². The lowest BCUT2D eigenvalue weighted by atomic mass is 9.97. The van der Waals surface area contributed by atoms with Crippen LogP contribution in [0.4, 0.5) is 0 Å². The minimum atomic E-state index is 1.10. The van der Waals surface area contributed by atoms with E-state index in [4.69, 9.17) is 0 Å². The second-order valence-corrected chi connectivity index (χ2v) is 7.73. The average Bonchev–Trinajstić information content (AvgIpc) is 2.68. The number of likely N-dealkylation sites (N-methyl/N-ethyl adjacent to an activating group) is 1. The van der Waals surface area contributed by atoms with E-state index >= 15 is 0 Å². The summed E-state index contributed by atoms with van der Waals surface area (Å²) in [5, 5.41) is 0. The van der Waals surface area contributed by atoms with Crippen molar-refractivity contribution in [1.29, 1.82) is 0 Å². The summed E-state index contributed by atoms with van der Waals surface area (Å²) in [4.78, 5) is 2.44. The standard InChI is InChI=1S/C24H26BrN/c1-26(18-16-20-9-4-2-5-10-20)17-8-13-22-19-23(25)14-15-24(22)21-11-6-3-7-12-21/h2-7,9-12,14-15,19H,8,13,16-18H2,1H3. The molecule has 26 heavy (non-hydrogen) atoms. The summed E-state index contributed by atoms with van der Waals surface area (Å²) in [6.45, 7) is 2.22. The number of hydrogen-bond acceptors (Lipinski definition) is 1. The SMILES string of the molecule is CN(CCCc1cc(Br)ccc1-c1ccccc1)CCc1ccccc1. The first-order valence-corrected chi connectivity index (χ1v) is 10.1. The molecule has 1 nitrogen and oxygen atoms in total. The Balaban J connectivity index is 1.55. The van der Waals surface area contributed by atoms with Crippen molar-refractivity contribution in [3.63, 3.8) is 0 Å². The van der Waals surface area contributed by atoms with E-state index in [9.17, 15) is 0 Å². The maximum atomic E-state index is 3.63. The Hall–Kier alpha value is -1.90. The van der Waals surface area contributed by atoms with Gasteiger partial charge in [0.1, 0.15) is 0 Å². The first-order valence-electron chi connectivity index (χ1n) is 9.29. The molecule has 0 aliphatic rings. The van der Waals surface area contributed by atoms with Gasteiger partial charge in [-0.05, 0) is 67.2 Å². The van der Waals surface area contributed by atoms with Crippen LogP contribution in [0, 0.1) is 0 Å². The molecular weight excluding hydrogens is 382 g/mol. The van der Waals surface area contributed by atoms with E-state index in [1.807, 2.05) is 0 Å². The molecule has 0 amide bonds. The fourth-order valence-corrected chi connectivity index (χ4v) is 3.69. The van der Waals surface area contributed by atoms with Gasteiger partial charge >= 0.3 is 0 Å². The number of halogens is 1. The highest BCUT2D eigenvalue weighted by Gasteiger charge is 2.07. The molecule has 0 radical (unpaired) electrons. The molecule has 0 aliphatic carbocycles. The highest BCUT2D eigenvalue weighted by molar-refractivity contribution is 9.10. The number of hydrogen-bond donors (Lipinski definition) is 0. The quantitative estimate of drug-likeness (QED) is 0.428. The molecule has 0 aromatic heterocycles. The molecule has 0 N–H and O–H groups in total. The van der Waals surface area contributed by atoms with Crippen molar-refractivity contribution >= 4 is 15.9 Å². The number of aryl methyl sites for hydroxylation is 1. The first kappa shape index (κ1) is 18.9. The van der Waals surface area contributed by atoms with Gasteiger partial charge in [0.25, 0.3) is 0 Å². The third-order valence-electron chi connectivity index (χ3n) is 4.76. The largest absolute Gasteiger partial charge is 0.306 e. The molecule has 0 unspecified atom stereocenters. The number of benzene rings is 3. The molecule has 2 heteroatoms. The van der Waals surface area contributed by atoms with E-state index in [1.54, 1.807) is 0 Å². The topological polar surface area (TPSA) is 3.24 Å². The van der Waals surface area contributed by atoms with Gasteiger partial charge in [0.15, 0.2) is 0 Å². The molecule has 3 aromatic carbocycles. The van der Waals surface area contributed by atoms with Crippen molar-refractivity contribution in [3.05, 3.63) is 94.5 Å². The molecule has 0 heterocycles. The highest BCUT2D eigenvalue weighted by atomic mass is 79.9. The summed E-state index contributed by atoms with van der Waals surface area (Å²) in [7, 11) is 2.22.